The van der Waals surface area contributed by atoms with Gasteiger partial charge < -0.3 is 15.2 Å². The minimum atomic E-state index is -0.757. The number of carboxylic acids is 1. The zero-order valence-corrected chi connectivity index (χ0v) is 9.85. The largest absolute Gasteiger partial charge is 0.497 e. The fraction of sp³-hybridized carbons (Fsp3) is 0.462. The van der Waals surface area contributed by atoms with Gasteiger partial charge in [0.1, 0.15) is 5.75 Å². The normalized spacial score (nSPS) is 21.1. The molecular formula is C13H17NO3. The summed E-state index contributed by atoms with van der Waals surface area (Å²) in [5, 5.41) is 12.6. The van der Waals surface area contributed by atoms with Crippen LogP contribution in [-0.2, 0) is 4.79 Å². The lowest BCUT2D eigenvalue weighted by Crippen LogP contribution is -2.23. The molecular weight excluding hydrogens is 218 g/mol. The Balaban J connectivity index is 2.28. The molecule has 0 bridgehead atoms. The van der Waals surface area contributed by atoms with E-state index in [0.717, 1.165) is 25.1 Å². The highest BCUT2D eigenvalue weighted by molar-refractivity contribution is 5.76. The molecule has 1 fully saturated rings. The summed E-state index contributed by atoms with van der Waals surface area (Å²) >= 11 is 0. The Kier molecular flexibility index (Phi) is 3.64. The molecule has 0 aromatic heterocycles. The van der Waals surface area contributed by atoms with E-state index in [2.05, 4.69) is 5.32 Å². The lowest BCUT2D eigenvalue weighted by molar-refractivity contribution is -0.140. The van der Waals surface area contributed by atoms with Gasteiger partial charge in [0.2, 0.25) is 0 Å². The number of rotatable bonds is 4. The predicted octanol–water partition coefficient (Wildman–Crippen LogP) is 1.47. The van der Waals surface area contributed by atoms with Crippen LogP contribution in [0.5, 0.6) is 5.75 Å². The van der Waals surface area contributed by atoms with Crippen molar-refractivity contribution in [3.63, 3.8) is 0 Å². The monoisotopic (exact) mass is 235 g/mol. The number of benzene rings is 1. The molecule has 0 amide bonds. The fourth-order valence-electron chi connectivity index (χ4n) is 2.41. The summed E-state index contributed by atoms with van der Waals surface area (Å²) in [5.41, 5.74) is 0.825. The van der Waals surface area contributed by atoms with Crippen LogP contribution in [-0.4, -0.2) is 31.3 Å². The molecule has 2 N–H and O–H groups in total. The Morgan fingerprint density at radius 1 is 1.59 bits per heavy atom. The maximum absolute atomic E-state index is 11.4. The summed E-state index contributed by atoms with van der Waals surface area (Å²) < 4.78 is 5.14. The van der Waals surface area contributed by atoms with E-state index in [1.165, 1.54) is 0 Å². The van der Waals surface area contributed by atoms with Crippen molar-refractivity contribution in [1.82, 2.24) is 5.32 Å². The maximum Gasteiger partial charge on any atom is 0.311 e. The second-order valence-corrected chi connectivity index (χ2v) is 4.35. The molecule has 4 heteroatoms. The van der Waals surface area contributed by atoms with Gasteiger partial charge in [0.05, 0.1) is 13.0 Å². The number of carbonyl (C=O) groups is 1. The minimum absolute atomic E-state index is 0.166. The average molecular weight is 235 g/mol. The van der Waals surface area contributed by atoms with Crippen molar-refractivity contribution in [2.75, 3.05) is 20.2 Å². The Labute approximate surface area is 101 Å². The van der Waals surface area contributed by atoms with Crippen LogP contribution in [0.1, 0.15) is 17.9 Å². The molecule has 2 unspecified atom stereocenters. The summed E-state index contributed by atoms with van der Waals surface area (Å²) in [5.74, 6) is -0.327. The average Bonchev–Trinajstić information content (AvgIpc) is 2.83. The summed E-state index contributed by atoms with van der Waals surface area (Å²) in [7, 11) is 1.59. The molecule has 0 aliphatic carbocycles. The summed E-state index contributed by atoms with van der Waals surface area (Å²) in [6, 6.07) is 7.35. The quantitative estimate of drug-likeness (QED) is 0.829. The van der Waals surface area contributed by atoms with Gasteiger partial charge in [-0.15, -0.1) is 0 Å². The Hall–Kier alpha value is -1.55. The van der Waals surface area contributed by atoms with Crippen LogP contribution in [0.4, 0.5) is 0 Å². The van der Waals surface area contributed by atoms with Gasteiger partial charge in [0.25, 0.3) is 0 Å². The molecule has 1 aromatic carbocycles. The van der Waals surface area contributed by atoms with Gasteiger partial charge >= 0.3 is 5.97 Å². The van der Waals surface area contributed by atoms with E-state index >= 15 is 0 Å². The van der Waals surface area contributed by atoms with E-state index in [1.807, 2.05) is 24.3 Å². The van der Waals surface area contributed by atoms with E-state index in [4.69, 9.17) is 4.74 Å². The number of ether oxygens (including phenoxy) is 1. The van der Waals surface area contributed by atoms with Crippen LogP contribution in [0.3, 0.4) is 0 Å². The number of aliphatic carboxylic acids is 1. The predicted molar refractivity (Wildman–Crippen MR) is 64.3 cm³/mol. The smallest absolute Gasteiger partial charge is 0.311 e. The Morgan fingerprint density at radius 3 is 3.00 bits per heavy atom. The van der Waals surface area contributed by atoms with E-state index in [1.54, 1.807) is 7.11 Å². The molecule has 17 heavy (non-hydrogen) atoms. The standard InChI is InChI=1S/C13H17NO3/c1-17-11-4-2-3-9(7-11)12(13(15)16)10-5-6-14-8-10/h2-4,7,10,12,14H,5-6,8H2,1H3,(H,15,16). The van der Waals surface area contributed by atoms with Crippen LogP contribution in [0.15, 0.2) is 24.3 Å². The lowest BCUT2D eigenvalue weighted by atomic mass is 9.85. The Bertz CT molecular complexity index is 399. The molecule has 0 radical (unpaired) electrons. The Morgan fingerprint density at radius 2 is 2.41 bits per heavy atom. The first kappa shape index (κ1) is 11.9. The van der Waals surface area contributed by atoms with Crippen molar-refractivity contribution in [3.8, 4) is 5.75 Å². The third kappa shape index (κ3) is 2.58. The van der Waals surface area contributed by atoms with Gasteiger partial charge in [-0.1, -0.05) is 12.1 Å². The first-order valence-corrected chi connectivity index (χ1v) is 5.80. The van der Waals surface area contributed by atoms with Crippen LogP contribution in [0.2, 0.25) is 0 Å². The van der Waals surface area contributed by atoms with Gasteiger partial charge in [-0.3, -0.25) is 4.79 Å². The molecule has 1 saturated heterocycles. The second-order valence-electron chi connectivity index (χ2n) is 4.35. The van der Waals surface area contributed by atoms with Crippen molar-refractivity contribution < 1.29 is 14.6 Å². The van der Waals surface area contributed by atoms with Gasteiger partial charge in [0, 0.05) is 0 Å². The van der Waals surface area contributed by atoms with Gasteiger partial charge in [0.15, 0.2) is 0 Å². The fourth-order valence-corrected chi connectivity index (χ4v) is 2.41. The molecule has 2 rings (SSSR count). The molecule has 0 saturated carbocycles. The third-order valence-corrected chi connectivity index (χ3v) is 3.29. The molecule has 92 valence electrons. The van der Waals surface area contributed by atoms with Crippen LogP contribution < -0.4 is 10.1 Å². The van der Waals surface area contributed by atoms with Gasteiger partial charge in [-0.05, 0) is 43.1 Å². The summed E-state index contributed by atoms with van der Waals surface area (Å²) in [6.07, 6.45) is 0.911. The van der Waals surface area contributed by atoms with Gasteiger partial charge in [-0.25, -0.2) is 0 Å². The van der Waals surface area contributed by atoms with Crippen molar-refractivity contribution in [1.29, 1.82) is 0 Å². The third-order valence-electron chi connectivity index (χ3n) is 3.29. The minimum Gasteiger partial charge on any atom is -0.497 e. The van der Waals surface area contributed by atoms with Gasteiger partial charge in [-0.2, -0.15) is 0 Å². The van der Waals surface area contributed by atoms with Crippen molar-refractivity contribution >= 4 is 5.97 Å². The molecule has 1 aliphatic heterocycles. The van der Waals surface area contributed by atoms with Crippen LogP contribution in [0.25, 0.3) is 0 Å². The van der Waals surface area contributed by atoms with Crippen LogP contribution >= 0.6 is 0 Å². The highest BCUT2D eigenvalue weighted by atomic mass is 16.5. The molecule has 2 atom stereocenters. The zero-order chi connectivity index (χ0) is 12.3. The SMILES string of the molecule is COc1cccc(C(C(=O)O)C2CCNC2)c1. The zero-order valence-electron chi connectivity index (χ0n) is 9.85. The topological polar surface area (TPSA) is 58.6 Å². The van der Waals surface area contributed by atoms with Crippen molar-refractivity contribution in [2.45, 2.75) is 12.3 Å². The highest BCUT2D eigenvalue weighted by Crippen LogP contribution is 2.31. The number of nitrogens with one attached hydrogen (secondary N) is 1. The van der Waals surface area contributed by atoms with Crippen molar-refractivity contribution in [2.24, 2.45) is 5.92 Å². The lowest BCUT2D eigenvalue weighted by Gasteiger charge is -2.19. The number of hydrogen-bond donors (Lipinski definition) is 2. The number of carboxylic acid groups (broad SMARTS) is 1. The summed E-state index contributed by atoms with van der Waals surface area (Å²) in [6.45, 7) is 1.67. The molecule has 1 aliphatic rings. The molecule has 4 nitrogen and oxygen atoms in total. The van der Waals surface area contributed by atoms with E-state index < -0.39 is 11.9 Å². The first-order valence-electron chi connectivity index (χ1n) is 5.80. The summed E-state index contributed by atoms with van der Waals surface area (Å²) in [4.78, 5) is 11.4. The van der Waals surface area contributed by atoms with Crippen LogP contribution in [0, 0.1) is 5.92 Å². The molecule has 1 aromatic rings. The number of hydrogen-bond acceptors (Lipinski definition) is 3. The van der Waals surface area contributed by atoms with E-state index in [0.29, 0.717) is 5.75 Å². The first-order chi connectivity index (χ1) is 8.22. The maximum atomic E-state index is 11.4. The molecule has 1 heterocycles. The van der Waals surface area contributed by atoms with E-state index in [-0.39, 0.29) is 5.92 Å². The number of methoxy groups -OCH3 is 1. The van der Waals surface area contributed by atoms with E-state index in [9.17, 15) is 9.90 Å². The highest BCUT2D eigenvalue weighted by Gasteiger charge is 2.31. The van der Waals surface area contributed by atoms with Crippen molar-refractivity contribution in [3.05, 3.63) is 29.8 Å². The molecule has 0 spiro atoms. The second kappa shape index (κ2) is 5.19.